The van der Waals surface area contributed by atoms with Gasteiger partial charge in [0, 0.05) is 124 Å². The van der Waals surface area contributed by atoms with E-state index in [-0.39, 0.29) is 127 Å². The average Bonchev–Trinajstić information content (AvgIpc) is 3.44. The summed E-state index contributed by atoms with van der Waals surface area (Å²) in [6.45, 7) is 21.6. The molecule has 5 unspecified atom stereocenters. The zero-order valence-electron chi connectivity index (χ0n) is 32.0. The van der Waals surface area contributed by atoms with Gasteiger partial charge in [-0.1, -0.05) is 26.7 Å². The second-order valence-electron chi connectivity index (χ2n) is 12.2. The Morgan fingerprint density at radius 2 is 1.50 bits per heavy atom. The molecule has 0 spiro atoms. The maximum absolute atomic E-state index is 8.85. The van der Waals surface area contributed by atoms with E-state index in [1.807, 2.05) is 0 Å². The molecule has 0 aliphatic carbocycles. The molecule has 0 bridgehead atoms. The quantitative estimate of drug-likeness (QED) is 0.0891. The van der Waals surface area contributed by atoms with E-state index in [9.17, 15) is 0 Å². The van der Waals surface area contributed by atoms with Gasteiger partial charge in [-0.25, -0.2) is 4.67 Å². The standard InChI is InChI=1S/C19H35BN2O3P.C12H22BO3.CH4O.2Y/c1-13(2)9-10-17-18(16(7)24-19(17)20)25-26(23-12-8-11-21)22(14(3)4)15(5)6;1-8(2)5-6-9-11(15-4)10(7-14-3)16-12(9)13;1-2;;/h13-19H,1,8-10,12H2,2-7H3;8-12H,1,5-7H2,2-4H3;2H,1H3;;/q2*-1;;;/t13?,16-,17+,18?,19-,26?;8?,9-,10+,11?,12+;;;/m10.../s1/i7D;;2T;;. The van der Waals surface area contributed by atoms with Gasteiger partial charge in [0.1, 0.15) is 21.8 Å². The molecular formula is C32H61B2N2O7PY2-2. The van der Waals surface area contributed by atoms with Crippen LogP contribution in [0.1, 0.15) is 81.9 Å². The molecule has 0 aromatic carbocycles. The van der Waals surface area contributed by atoms with Crippen molar-refractivity contribution < 1.29 is 99.9 Å². The second kappa shape index (κ2) is 29.5. The van der Waals surface area contributed by atoms with Crippen molar-refractivity contribution >= 4 is 24.2 Å². The molecule has 2 saturated heterocycles. The van der Waals surface area contributed by atoms with Crippen molar-refractivity contribution in [3.63, 3.8) is 0 Å². The molecule has 6 radical (unpaired) electrons. The van der Waals surface area contributed by atoms with Crippen LogP contribution in [0.4, 0.5) is 0 Å². The summed E-state index contributed by atoms with van der Waals surface area (Å²) in [7, 11) is 15.5. The first-order chi connectivity index (χ1) is 21.7. The number of nitrogens with zero attached hydrogens (tertiary/aromatic N) is 2. The van der Waals surface area contributed by atoms with Crippen molar-refractivity contribution in [1.82, 2.24) is 4.67 Å². The minimum absolute atomic E-state index is 0. The van der Waals surface area contributed by atoms with Crippen LogP contribution in [0.2, 0.25) is 0 Å². The molecule has 0 aromatic rings. The van der Waals surface area contributed by atoms with Crippen molar-refractivity contribution in [3.8, 4) is 6.07 Å². The van der Waals surface area contributed by atoms with Crippen LogP contribution in [0.3, 0.4) is 0 Å². The zero-order valence-corrected chi connectivity index (χ0v) is 36.6. The van der Waals surface area contributed by atoms with Gasteiger partial charge in [0.15, 0.2) is 0 Å². The molecule has 260 valence electrons. The van der Waals surface area contributed by atoms with Gasteiger partial charge in [0.2, 0.25) is 1.43 Å². The third kappa shape index (κ3) is 19.0. The summed E-state index contributed by atoms with van der Waals surface area (Å²) in [6, 6.07) is 1.88. The number of nitriles is 1. The Balaban J connectivity index is -0.000000824. The number of hydrogen-bond acceptors (Lipinski definition) is 9. The summed E-state index contributed by atoms with van der Waals surface area (Å²) in [5.41, 5.74) is 0. The van der Waals surface area contributed by atoms with E-state index < -0.39 is 14.5 Å². The number of ether oxygens (including phenoxy) is 4. The first-order valence-corrected chi connectivity index (χ1v) is 16.9. The van der Waals surface area contributed by atoms with Gasteiger partial charge >= 0.3 is 0 Å². The fourth-order valence-corrected chi connectivity index (χ4v) is 7.27. The summed E-state index contributed by atoms with van der Waals surface area (Å²) in [5.74, 6) is 1.01. The van der Waals surface area contributed by atoms with E-state index >= 15 is 0 Å². The Kier molecular flexibility index (Phi) is 30.8. The van der Waals surface area contributed by atoms with Crippen LogP contribution in [0.25, 0.3) is 0 Å². The SMILES string of the molecule is [2H]C[C@H]1O[C@@H]([B])[C@@H](CCC([CH2-])C)C1OP(OCCC#N)N(C(C)C)C(C)C.[3H]OC.[B][C@@H]1O[C@H](COC)C(OC)[C@@H]1CCC([CH2-])C.[Y].[Y]. The van der Waals surface area contributed by atoms with Crippen molar-refractivity contribution in [2.75, 3.05) is 34.5 Å². The summed E-state index contributed by atoms with van der Waals surface area (Å²) in [5, 5.41) is 12.4. The van der Waals surface area contributed by atoms with E-state index in [0.29, 0.717) is 31.5 Å². The largest absolute Gasteiger partial charge is 0.400 e. The number of rotatable bonds is 17. The first kappa shape index (κ1) is 47.9. The topological polar surface area (TPSA) is 103 Å². The Labute approximate surface area is 339 Å². The third-order valence-corrected chi connectivity index (χ3v) is 9.68. The van der Waals surface area contributed by atoms with E-state index in [2.05, 4.69) is 71.2 Å². The predicted octanol–water partition coefficient (Wildman–Crippen LogP) is 5.44. The normalized spacial score (nSPS) is 29.6. The minimum Gasteiger partial charge on any atom is -0.400 e. The van der Waals surface area contributed by atoms with Crippen LogP contribution in [-0.4, -0.2) is 110 Å². The van der Waals surface area contributed by atoms with Crippen LogP contribution in [0.15, 0.2) is 0 Å². The van der Waals surface area contributed by atoms with Crippen molar-refractivity contribution in [2.24, 2.45) is 23.7 Å². The van der Waals surface area contributed by atoms with Gasteiger partial charge in [-0.15, -0.1) is 0 Å². The molecule has 0 amide bonds. The summed E-state index contributed by atoms with van der Waals surface area (Å²) >= 11 is 0. The van der Waals surface area contributed by atoms with Gasteiger partial charge in [0.05, 0.1) is 44.0 Å². The summed E-state index contributed by atoms with van der Waals surface area (Å²) in [6.07, 6.45) is 3.46. The zero-order chi connectivity index (χ0) is 35.4. The van der Waals surface area contributed by atoms with Crippen LogP contribution >= 0.6 is 8.53 Å². The van der Waals surface area contributed by atoms with E-state index in [0.717, 1.165) is 25.7 Å². The Morgan fingerprint density at radius 1 is 1.00 bits per heavy atom. The predicted molar refractivity (Wildman–Crippen MR) is 180 cm³/mol. The fourth-order valence-electron chi connectivity index (χ4n) is 5.47. The van der Waals surface area contributed by atoms with E-state index in [1.165, 1.54) is 7.11 Å². The Morgan fingerprint density at radius 3 is 1.91 bits per heavy atom. The van der Waals surface area contributed by atoms with Crippen molar-refractivity contribution in [1.29, 1.82) is 6.69 Å². The van der Waals surface area contributed by atoms with E-state index in [4.69, 9.17) is 51.8 Å². The number of aliphatic hydroxyl groups is 1. The Hall–Kier alpha value is 1.94. The number of hydrogen-bond donors (Lipinski definition) is 1. The first-order valence-electron chi connectivity index (χ1n) is 16.9. The van der Waals surface area contributed by atoms with Gasteiger partial charge in [-0.3, -0.25) is 0 Å². The van der Waals surface area contributed by atoms with Gasteiger partial charge in [-0.2, -0.15) is 17.1 Å². The minimum atomic E-state index is -1.38. The van der Waals surface area contributed by atoms with Crippen LogP contribution < -0.4 is 0 Å². The molecule has 0 saturated carbocycles. The van der Waals surface area contributed by atoms with Crippen molar-refractivity contribution in [3.05, 3.63) is 13.8 Å². The molecule has 2 fully saturated rings. The number of methoxy groups -OCH3 is 2. The maximum atomic E-state index is 8.85. The summed E-state index contributed by atoms with van der Waals surface area (Å²) < 4.78 is 50.3. The molecule has 14 heteroatoms. The molecule has 0 aromatic heterocycles. The van der Waals surface area contributed by atoms with E-state index in [1.54, 1.807) is 14.2 Å². The monoisotopic (exact) mass is 819 g/mol. The van der Waals surface area contributed by atoms with Crippen LogP contribution in [-0.2, 0) is 93.4 Å². The van der Waals surface area contributed by atoms with Gasteiger partial charge in [-0.05, 0) is 47.4 Å². The molecule has 9 nitrogen and oxygen atoms in total. The third-order valence-electron chi connectivity index (χ3n) is 7.55. The molecule has 46 heavy (non-hydrogen) atoms. The molecule has 2 aliphatic heterocycles. The smallest absolute Gasteiger partial charge is 0.259 e. The Bertz CT molecular complexity index is 808. The number of aliphatic hydroxyl groups excluding tert-OH is 1. The molecule has 11 atom stereocenters. The molecule has 2 rings (SSSR count). The second-order valence-corrected chi connectivity index (χ2v) is 13.6. The molecular weight excluding hydrogens is 755 g/mol. The summed E-state index contributed by atoms with van der Waals surface area (Å²) in [4.78, 5) is 0. The van der Waals surface area contributed by atoms with Gasteiger partial charge < -0.3 is 47.0 Å². The fraction of sp³-hybridized carbons (Fsp3) is 0.906. The molecule has 1 N–H and O–H groups in total. The molecule has 2 heterocycles. The van der Waals surface area contributed by atoms with Crippen molar-refractivity contribution in [2.45, 2.75) is 129 Å². The molecule has 2 aliphatic rings. The van der Waals surface area contributed by atoms with Crippen LogP contribution in [0.5, 0.6) is 0 Å². The van der Waals surface area contributed by atoms with Crippen LogP contribution in [0, 0.1) is 48.9 Å². The average molecular weight is 819 g/mol. The van der Waals surface area contributed by atoms with Gasteiger partial charge in [0.25, 0.3) is 8.53 Å². The maximum Gasteiger partial charge on any atom is 0.259 e.